The maximum Gasteiger partial charge on any atom is 0.228 e. The number of aliphatic imine (C=N–C) groups is 1. The Labute approximate surface area is 150 Å². The molecule has 0 spiro atoms. The lowest BCUT2D eigenvalue weighted by Gasteiger charge is -2.33. The van der Waals surface area contributed by atoms with E-state index in [2.05, 4.69) is 46.1 Å². The molecule has 0 bridgehead atoms. The number of nitrogens with one attached hydrogen (secondary N) is 1. The molecule has 0 radical (unpaired) electrons. The summed E-state index contributed by atoms with van der Waals surface area (Å²) in [5.74, 6) is 3.48. The van der Waals surface area contributed by atoms with Crippen LogP contribution in [0.3, 0.4) is 0 Å². The van der Waals surface area contributed by atoms with Crippen molar-refractivity contribution >= 4 is 29.9 Å². The number of hydrogen-bond acceptors (Lipinski definition) is 4. The first kappa shape index (κ1) is 19.2. The zero-order valence-electron chi connectivity index (χ0n) is 14.0. The van der Waals surface area contributed by atoms with E-state index in [0.717, 1.165) is 43.8 Å². The van der Waals surface area contributed by atoms with Gasteiger partial charge < -0.3 is 14.7 Å². The zero-order chi connectivity index (χ0) is 15.2. The molecule has 1 N–H and O–H groups in total. The molecule has 22 heavy (non-hydrogen) atoms. The summed E-state index contributed by atoms with van der Waals surface area (Å²) in [6.07, 6.45) is 3.28. The number of hydrogen-bond donors (Lipinski definition) is 1. The third-order valence-electron chi connectivity index (χ3n) is 3.79. The van der Waals surface area contributed by atoms with E-state index in [1.807, 2.05) is 7.05 Å². The highest BCUT2D eigenvalue weighted by atomic mass is 127. The first-order valence-electron chi connectivity index (χ1n) is 7.88. The van der Waals surface area contributed by atoms with Gasteiger partial charge in [0.25, 0.3) is 0 Å². The summed E-state index contributed by atoms with van der Waals surface area (Å²) < 4.78 is 5.25. The molecule has 1 fully saturated rings. The van der Waals surface area contributed by atoms with Crippen LogP contribution in [-0.2, 0) is 6.42 Å². The Morgan fingerprint density at radius 2 is 2.27 bits per heavy atom. The monoisotopic (exact) mass is 421 g/mol. The van der Waals surface area contributed by atoms with Crippen LogP contribution in [-0.4, -0.2) is 47.7 Å². The average molecular weight is 421 g/mol. The number of halogens is 1. The number of nitrogens with zero attached hydrogens (tertiary/aromatic N) is 4. The van der Waals surface area contributed by atoms with E-state index in [-0.39, 0.29) is 24.0 Å². The molecule has 1 aromatic rings. The van der Waals surface area contributed by atoms with Crippen LogP contribution in [0, 0.1) is 5.92 Å². The second kappa shape index (κ2) is 9.32. The summed E-state index contributed by atoms with van der Waals surface area (Å²) in [6.45, 7) is 9.35. The second-order valence-corrected chi connectivity index (χ2v) is 6.12. The SMILES string of the molecule is CN=C(NCCc1nc(C(C)C)no1)N1CCCC(C)C1.I. The predicted octanol–water partition coefficient (Wildman–Crippen LogP) is 2.66. The molecule has 2 rings (SSSR count). The predicted molar refractivity (Wildman–Crippen MR) is 98.8 cm³/mol. The van der Waals surface area contributed by atoms with E-state index < -0.39 is 0 Å². The fourth-order valence-corrected chi connectivity index (χ4v) is 2.60. The molecule has 126 valence electrons. The largest absolute Gasteiger partial charge is 0.356 e. The van der Waals surface area contributed by atoms with Crippen LogP contribution in [0.5, 0.6) is 0 Å². The van der Waals surface area contributed by atoms with Crippen molar-refractivity contribution in [2.24, 2.45) is 10.9 Å². The second-order valence-electron chi connectivity index (χ2n) is 6.12. The molecule has 6 nitrogen and oxygen atoms in total. The Hall–Kier alpha value is -0.860. The summed E-state index contributed by atoms with van der Waals surface area (Å²) in [5, 5.41) is 7.37. The molecule has 1 unspecified atom stereocenters. The third-order valence-corrected chi connectivity index (χ3v) is 3.79. The van der Waals surface area contributed by atoms with Crippen molar-refractivity contribution in [1.29, 1.82) is 0 Å². The number of likely N-dealkylation sites (tertiary alicyclic amines) is 1. The van der Waals surface area contributed by atoms with Crippen molar-refractivity contribution in [2.45, 2.75) is 46.0 Å². The van der Waals surface area contributed by atoms with Crippen LogP contribution in [0.1, 0.15) is 51.2 Å². The summed E-state index contributed by atoms with van der Waals surface area (Å²) in [5.41, 5.74) is 0. The quantitative estimate of drug-likeness (QED) is 0.460. The van der Waals surface area contributed by atoms with Gasteiger partial charge >= 0.3 is 0 Å². The molecule has 0 amide bonds. The van der Waals surface area contributed by atoms with E-state index in [9.17, 15) is 0 Å². The van der Waals surface area contributed by atoms with Gasteiger partial charge in [-0.2, -0.15) is 4.98 Å². The van der Waals surface area contributed by atoms with Gasteiger partial charge in [0.2, 0.25) is 5.89 Å². The molecule has 7 heteroatoms. The summed E-state index contributed by atoms with van der Waals surface area (Å²) in [6, 6.07) is 0. The van der Waals surface area contributed by atoms with Crippen LogP contribution in [0.15, 0.2) is 9.52 Å². The maximum atomic E-state index is 5.25. The van der Waals surface area contributed by atoms with Crippen molar-refractivity contribution in [2.75, 3.05) is 26.7 Å². The fraction of sp³-hybridized carbons (Fsp3) is 0.800. The lowest BCUT2D eigenvalue weighted by atomic mass is 10.0. The van der Waals surface area contributed by atoms with Crippen molar-refractivity contribution in [3.8, 4) is 0 Å². The molecule has 1 saturated heterocycles. The molecular weight excluding hydrogens is 393 g/mol. The molecule has 0 aliphatic carbocycles. The number of piperidine rings is 1. The first-order chi connectivity index (χ1) is 10.1. The lowest BCUT2D eigenvalue weighted by molar-refractivity contribution is 0.266. The van der Waals surface area contributed by atoms with E-state index in [4.69, 9.17) is 4.52 Å². The van der Waals surface area contributed by atoms with Gasteiger partial charge in [-0.05, 0) is 18.8 Å². The highest BCUT2D eigenvalue weighted by molar-refractivity contribution is 14.0. The molecule has 1 aliphatic rings. The van der Waals surface area contributed by atoms with E-state index in [0.29, 0.717) is 11.8 Å². The Balaban J connectivity index is 0.00000242. The van der Waals surface area contributed by atoms with Gasteiger partial charge in [0.1, 0.15) is 0 Å². The Morgan fingerprint density at radius 1 is 1.50 bits per heavy atom. The summed E-state index contributed by atoms with van der Waals surface area (Å²) in [4.78, 5) is 11.1. The molecule has 1 atom stereocenters. The minimum absolute atomic E-state index is 0. The molecule has 0 saturated carbocycles. The van der Waals surface area contributed by atoms with Crippen LogP contribution in [0.4, 0.5) is 0 Å². The maximum absolute atomic E-state index is 5.25. The van der Waals surface area contributed by atoms with Gasteiger partial charge in [-0.25, -0.2) is 0 Å². The van der Waals surface area contributed by atoms with E-state index in [1.165, 1.54) is 12.8 Å². The van der Waals surface area contributed by atoms with Gasteiger partial charge in [0, 0.05) is 39.0 Å². The molecule has 1 aliphatic heterocycles. The zero-order valence-corrected chi connectivity index (χ0v) is 16.3. The van der Waals surface area contributed by atoms with Crippen LogP contribution >= 0.6 is 24.0 Å². The lowest BCUT2D eigenvalue weighted by Crippen LogP contribution is -2.46. The van der Waals surface area contributed by atoms with Crippen LogP contribution < -0.4 is 5.32 Å². The molecule has 2 heterocycles. The normalized spacial score (nSPS) is 19.2. The topological polar surface area (TPSA) is 66.5 Å². The van der Waals surface area contributed by atoms with Gasteiger partial charge in [-0.3, -0.25) is 4.99 Å². The smallest absolute Gasteiger partial charge is 0.228 e. The van der Waals surface area contributed by atoms with Crippen molar-refractivity contribution < 1.29 is 4.52 Å². The molecule has 0 aromatic carbocycles. The first-order valence-corrected chi connectivity index (χ1v) is 7.88. The third kappa shape index (κ3) is 5.40. The summed E-state index contributed by atoms with van der Waals surface area (Å²) >= 11 is 0. The van der Waals surface area contributed by atoms with E-state index in [1.54, 1.807) is 0 Å². The fourth-order valence-electron chi connectivity index (χ4n) is 2.60. The molecule has 1 aromatic heterocycles. The summed E-state index contributed by atoms with van der Waals surface area (Å²) in [7, 11) is 1.84. The molecular formula is C15H28IN5O. The average Bonchev–Trinajstić information content (AvgIpc) is 2.92. The van der Waals surface area contributed by atoms with Crippen molar-refractivity contribution in [3.05, 3.63) is 11.7 Å². The van der Waals surface area contributed by atoms with Crippen LogP contribution in [0.25, 0.3) is 0 Å². The number of rotatable bonds is 4. The van der Waals surface area contributed by atoms with Gasteiger partial charge in [0.05, 0.1) is 0 Å². The highest BCUT2D eigenvalue weighted by Gasteiger charge is 2.19. The van der Waals surface area contributed by atoms with Crippen LogP contribution in [0.2, 0.25) is 0 Å². The minimum Gasteiger partial charge on any atom is -0.356 e. The highest BCUT2D eigenvalue weighted by Crippen LogP contribution is 2.15. The van der Waals surface area contributed by atoms with E-state index >= 15 is 0 Å². The minimum atomic E-state index is 0. The van der Waals surface area contributed by atoms with Crippen molar-refractivity contribution in [3.63, 3.8) is 0 Å². The Bertz CT molecular complexity index is 474. The van der Waals surface area contributed by atoms with Gasteiger partial charge in [-0.1, -0.05) is 25.9 Å². The van der Waals surface area contributed by atoms with Crippen molar-refractivity contribution in [1.82, 2.24) is 20.4 Å². The van der Waals surface area contributed by atoms with Gasteiger partial charge in [-0.15, -0.1) is 24.0 Å². The Morgan fingerprint density at radius 3 is 2.86 bits per heavy atom. The Kier molecular flexibility index (Phi) is 8.13. The van der Waals surface area contributed by atoms with Gasteiger partial charge in [0.15, 0.2) is 11.8 Å². The number of guanidine groups is 1. The number of aromatic nitrogens is 2. The standard InChI is InChI=1S/C15H27N5O.HI/c1-11(2)14-18-13(21-19-14)7-8-17-15(16-4)20-9-5-6-12(3)10-20;/h11-12H,5-10H2,1-4H3,(H,16,17);1H.